The lowest BCUT2D eigenvalue weighted by molar-refractivity contribution is -0.0428. The van der Waals surface area contributed by atoms with Crippen molar-refractivity contribution in [3.63, 3.8) is 0 Å². The van der Waals surface area contributed by atoms with Crippen LogP contribution in [0.1, 0.15) is 52.7 Å². The summed E-state index contributed by atoms with van der Waals surface area (Å²) in [6.07, 6.45) is 11.4. The number of benzene rings is 1. The van der Waals surface area contributed by atoms with E-state index in [0.29, 0.717) is 48.9 Å². The molecule has 1 heterocycles. The van der Waals surface area contributed by atoms with Crippen LogP contribution in [0.4, 0.5) is 0 Å². The van der Waals surface area contributed by atoms with Crippen molar-refractivity contribution in [2.75, 3.05) is 33.0 Å². The first-order chi connectivity index (χ1) is 18.3. The zero-order valence-electron chi connectivity index (χ0n) is 23.2. The number of hydrogen-bond acceptors (Lipinski definition) is 8. The second kappa shape index (κ2) is 17.5. The van der Waals surface area contributed by atoms with Gasteiger partial charge in [-0.25, -0.2) is 0 Å². The molecule has 0 fully saturated rings. The normalized spacial score (nSPS) is 21.0. The molecule has 1 aromatic rings. The number of rotatable bonds is 12. The zero-order chi connectivity index (χ0) is 28.6. The van der Waals surface area contributed by atoms with Crippen molar-refractivity contribution in [1.29, 1.82) is 0 Å². The Bertz CT molecular complexity index is 948. The van der Waals surface area contributed by atoms with Crippen molar-refractivity contribution >= 4 is 0 Å². The highest BCUT2D eigenvalue weighted by Crippen LogP contribution is 2.44. The number of ether oxygens (including phenoxy) is 4. The largest absolute Gasteiger partial charge is 0.498 e. The Morgan fingerprint density at radius 3 is 2.42 bits per heavy atom. The zero-order valence-corrected chi connectivity index (χ0v) is 23.2. The van der Waals surface area contributed by atoms with Crippen LogP contribution in [0.2, 0.25) is 0 Å². The summed E-state index contributed by atoms with van der Waals surface area (Å²) in [5.41, 5.74) is 0.0446. The maximum Gasteiger partial charge on any atom is 0.128 e. The first kappa shape index (κ1) is 33.1. The Kier molecular flexibility index (Phi) is 15.3. The fourth-order valence-corrected chi connectivity index (χ4v) is 3.72. The van der Waals surface area contributed by atoms with Gasteiger partial charge in [0.1, 0.15) is 36.9 Å². The first-order valence-electron chi connectivity index (χ1n) is 13.1. The molecule has 2 rings (SSSR count). The van der Waals surface area contributed by atoms with Crippen molar-refractivity contribution in [2.45, 2.75) is 59.4 Å². The molecule has 1 aliphatic heterocycles. The molecule has 4 N–H and O–H groups in total. The SMILES string of the molecule is C#CC(C)(C1=C/C=C/OCCO\C=C\1)C(O)c1ccc(OCCC(C)C(O)C(O)CO)cc1OCC.CC. The molecule has 0 saturated carbocycles. The van der Waals surface area contributed by atoms with Gasteiger partial charge in [0.15, 0.2) is 0 Å². The molecule has 5 unspecified atom stereocenters. The maximum atomic E-state index is 11.5. The van der Waals surface area contributed by atoms with Gasteiger partial charge in [0.05, 0.1) is 43.9 Å². The summed E-state index contributed by atoms with van der Waals surface area (Å²) in [5.74, 6) is 3.42. The summed E-state index contributed by atoms with van der Waals surface area (Å²) < 4.78 is 22.4. The highest BCUT2D eigenvalue weighted by molar-refractivity contribution is 5.47. The van der Waals surface area contributed by atoms with Crippen LogP contribution < -0.4 is 9.47 Å². The van der Waals surface area contributed by atoms with Gasteiger partial charge in [-0.1, -0.05) is 32.8 Å². The molecule has 38 heavy (non-hydrogen) atoms. The number of aliphatic hydroxyl groups excluding tert-OH is 4. The monoisotopic (exact) mass is 532 g/mol. The Hall–Kier alpha value is -2.96. The van der Waals surface area contributed by atoms with Gasteiger partial charge in [-0.2, -0.15) is 0 Å². The lowest BCUT2D eigenvalue weighted by Gasteiger charge is -2.32. The number of terminal acetylenes is 1. The van der Waals surface area contributed by atoms with Crippen LogP contribution in [0.5, 0.6) is 11.5 Å². The number of hydrogen-bond donors (Lipinski definition) is 4. The summed E-state index contributed by atoms with van der Waals surface area (Å²) in [7, 11) is 0. The molecule has 0 bridgehead atoms. The van der Waals surface area contributed by atoms with Crippen LogP contribution in [0.15, 0.2) is 54.5 Å². The van der Waals surface area contributed by atoms with E-state index in [9.17, 15) is 15.3 Å². The Labute approximate surface area is 227 Å². The van der Waals surface area contributed by atoms with Gasteiger partial charge in [-0.05, 0) is 56.0 Å². The van der Waals surface area contributed by atoms with Gasteiger partial charge in [0.25, 0.3) is 0 Å². The molecule has 0 radical (unpaired) electrons. The van der Waals surface area contributed by atoms with Gasteiger partial charge in [-0.15, -0.1) is 6.42 Å². The average molecular weight is 533 g/mol. The van der Waals surface area contributed by atoms with Crippen molar-refractivity contribution < 1.29 is 39.4 Å². The molecule has 5 atom stereocenters. The molecule has 0 amide bonds. The first-order valence-corrected chi connectivity index (χ1v) is 13.1. The Balaban J connectivity index is 0.00000352. The van der Waals surface area contributed by atoms with Gasteiger partial charge >= 0.3 is 0 Å². The summed E-state index contributed by atoms with van der Waals surface area (Å²) in [6, 6.07) is 5.13. The van der Waals surface area contributed by atoms with E-state index < -0.39 is 30.3 Å². The van der Waals surface area contributed by atoms with Gasteiger partial charge in [0.2, 0.25) is 0 Å². The van der Waals surface area contributed by atoms with E-state index >= 15 is 0 Å². The predicted molar refractivity (Wildman–Crippen MR) is 148 cm³/mol. The molecule has 0 aliphatic carbocycles. The standard InChI is InChI=1S/C28H38O8.C2H6/c1-5-28(4,21-8-7-13-33-16-17-34-14-12-21)27(32)23-10-9-22(18-25(23)35-6-2)36-15-11-20(3)26(31)24(30)19-29;1-2/h1,7-10,12-14,18,20,24,26-27,29-32H,6,11,15-17,19H2,2-4H3;1-2H3/b13-7+,14-12+,21-8+;. The van der Waals surface area contributed by atoms with Crippen molar-refractivity contribution in [3.8, 4) is 23.8 Å². The van der Waals surface area contributed by atoms with Gasteiger partial charge in [-0.3, -0.25) is 0 Å². The lowest BCUT2D eigenvalue weighted by atomic mass is 9.74. The summed E-state index contributed by atoms with van der Waals surface area (Å²) in [4.78, 5) is 0. The topological polar surface area (TPSA) is 118 Å². The van der Waals surface area contributed by atoms with E-state index in [4.69, 9.17) is 30.5 Å². The number of aliphatic hydroxyl groups is 4. The third-order valence-electron chi connectivity index (χ3n) is 6.15. The van der Waals surface area contributed by atoms with E-state index in [1.54, 1.807) is 56.5 Å². The molecule has 0 saturated heterocycles. The van der Waals surface area contributed by atoms with Crippen LogP contribution in [0.25, 0.3) is 0 Å². The second-order valence-electron chi connectivity index (χ2n) is 8.73. The molecule has 212 valence electrons. The van der Waals surface area contributed by atoms with E-state index in [0.717, 1.165) is 0 Å². The van der Waals surface area contributed by atoms with Crippen molar-refractivity contribution in [3.05, 3.63) is 60.1 Å². The van der Waals surface area contributed by atoms with Crippen LogP contribution >= 0.6 is 0 Å². The fourth-order valence-electron chi connectivity index (χ4n) is 3.72. The molecular formula is C30H44O8. The second-order valence-corrected chi connectivity index (χ2v) is 8.73. The van der Waals surface area contributed by atoms with Gasteiger partial charge < -0.3 is 39.4 Å². The molecule has 0 spiro atoms. The van der Waals surface area contributed by atoms with Gasteiger partial charge in [0, 0.05) is 11.6 Å². The van der Waals surface area contributed by atoms with Crippen molar-refractivity contribution in [1.82, 2.24) is 0 Å². The molecule has 8 nitrogen and oxygen atoms in total. The highest BCUT2D eigenvalue weighted by atomic mass is 16.5. The molecular weight excluding hydrogens is 488 g/mol. The summed E-state index contributed by atoms with van der Waals surface area (Å²) in [5, 5.41) is 40.1. The van der Waals surface area contributed by atoms with Crippen LogP contribution in [-0.4, -0.2) is 65.7 Å². The molecule has 8 heteroatoms. The fraction of sp³-hybridized carbons (Fsp3) is 0.533. The minimum absolute atomic E-state index is 0.276. The molecule has 1 aromatic carbocycles. The Morgan fingerprint density at radius 2 is 1.79 bits per heavy atom. The highest BCUT2D eigenvalue weighted by Gasteiger charge is 2.37. The number of allylic oxidation sites excluding steroid dienone is 3. The maximum absolute atomic E-state index is 11.5. The quantitative estimate of drug-likeness (QED) is 0.300. The molecule has 1 aliphatic rings. The average Bonchev–Trinajstić information content (AvgIpc) is 2.95. The van der Waals surface area contributed by atoms with E-state index in [2.05, 4.69) is 5.92 Å². The van der Waals surface area contributed by atoms with E-state index in [1.165, 1.54) is 6.26 Å². The minimum Gasteiger partial charge on any atom is -0.498 e. The van der Waals surface area contributed by atoms with Crippen molar-refractivity contribution in [2.24, 2.45) is 11.3 Å². The third-order valence-corrected chi connectivity index (χ3v) is 6.15. The summed E-state index contributed by atoms with van der Waals surface area (Å²) >= 11 is 0. The van der Waals surface area contributed by atoms with E-state index in [-0.39, 0.29) is 12.5 Å². The minimum atomic E-state index is -1.19. The summed E-state index contributed by atoms with van der Waals surface area (Å²) in [6.45, 7) is 10.3. The predicted octanol–water partition coefficient (Wildman–Crippen LogP) is 3.90. The van der Waals surface area contributed by atoms with Crippen LogP contribution in [0, 0.1) is 23.7 Å². The smallest absolute Gasteiger partial charge is 0.128 e. The van der Waals surface area contributed by atoms with E-state index in [1.807, 2.05) is 20.8 Å². The Morgan fingerprint density at radius 1 is 1.11 bits per heavy atom. The molecule has 0 aromatic heterocycles. The van der Waals surface area contributed by atoms with Crippen LogP contribution in [-0.2, 0) is 9.47 Å². The third kappa shape index (κ3) is 9.41. The van der Waals surface area contributed by atoms with Crippen LogP contribution in [0.3, 0.4) is 0 Å². The lowest BCUT2D eigenvalue weighted by Crippen LogP contribution is -2.35.